The van der Waals surface area contributed by atoms with Gasteiger partial charge in [0.1, 0.15) is 11.5 Å². The molecule has 0 amide bonds. The predicted molar refractivity (Wildman–Crippen MR) is 88.2 cm³/mol. The first-order chi connectivity index (χ1) is 12.3. The van der Waals surface area contributed by atoms with Gasteiger partial charge in [-0.25, -0.2) is 4.79 Å². The largest absolute Gasteiger partial charge is 0.508 e. The van der Waals surface area contributed by atoms with Crippen LogP contribution in [0, 0.1) is 0 Å². The maximum atomic E-state index is 12.1. The quantitative estimate of drug-likeness (QED) is 0.238. The molecule has 1 heterocycles. The number of ether oxygens (including phenoxy) is 1. The Balaban J connectivity index is 2.18. The number of cyclic esters (lactones) is 1. The fourth-order valence-corrected chi connectivity index (χ4v) is 2.38. The number of rotatable bonds is 2. The Morgan fingerprint density at radius 2 is 1.50 bits per heavy atom. The lowest BCUT2D eigenvalue weighted by Gasteiger charge is -2.18. The van der Waals surface area contributed by atoms with Crippen LogP contribution in [0.4, 0.5) is 0 Å². The van der Waals surface area contributed by atoms with Gasteiger partial charge in [-0.2, -0.15) is 0 Å². The number of hydrogen-bond donors (Lipinski definition) is 5. The van der Waals surface area contributed by atoms with Crippen molar-refractivity contribution in [2.45, 2.75) is 0 Å². The van der Waals surface area contributed by atoms with E-state index >= 15 is 0 Å². The molecule has 0 radical (unpaired) electrons. The number of esters is 1. The Bertz CT molecular complexity index is 1000. The normalized spacial score (nSPS) is 16.1. The van der Waals surface area contributed by atoms with Gasteiger partial charge in [-0.1, -0.05) is 6.07 Å². The highest BCUT2D eigenvalue weighted by molar-refractivity contribution is 6.53. The molecule has 8 heteroatoms. The summed E-state index contributed by atoms with van der Waals surface area (Å²) in [5.74, 6) is -5.17. The zero-order valence-corrected chi connectivity index (χ0v) is 13.0. The molecule has 0 saturated carbocycles. The molecule has 2 aromatic carbocycles. The van der Waals surface area contributed by atoms with E-state index < -0.39 is 40.3 Å². The van der Waals surface area contributed by atoms with Crippen LogP contribution < -0.4 is 0 Å². The van der Waals surface area contributed by atoms with E-state index in [0.717, 1.165) is 30.3 Å². The average Bonchev–Trinajstić information content (AvgIpc) is 2.59. The molecule has 8 nitrogen and oxygen atoms in total. The average molecular weight is 356 g/mol. The molecule has 0 fully saturated rings. The van der Waals surface area contributed by atoms with Crippen molar-refractivity contribution in [2.75, 3.05) is 0 Å². The van der Waals surface area contributed by atoms with Gasteiger partial charge in [-0.3, -0.25) is 4.79 Å². The Hall–Kier alpha value is -3.94. The fraction of sp³-hybridized carbons (Fsp3) is 0. The van der Waals surface area contributed by atoms with Crippen molar-refractivity contribution >= 4 is 23.4 Å². The molecule has 0 bridgehead atoms. The summed E-state index contributed by atoms with van der Waals surface area (Å²) in [7, 11) is 0. The van der Waals surface area contributed by atoms with Crippen LogP contribution in [0.5, 0.6) is 23.0 Å². The molecule has 1 aliphatic rings. The maximum Gasteiger partial charge on any atom is 0.385 e. The number of phenolic OH excluding ortho intramolecular Hbond substituents is 4. The lowest BCUT2D eigenvalue weighted by molar-refractivity contribution is -0.149. The van der Waals surface area contributed by atoms with Crippen LogP contribution in [0.25, 0.3) is 11.6 Å². The maximum absolute atomic E-state index is 12.1. The summed E-state index contributed by atoms with van der Waals surface area (Å²) in [6, 6.07) is 6.97. The van der Waals surface area contributed by atoms with Crippen LogP contribution in [0.15, 0.2) is 47.9 Å². The van der Waals surface area contributed by atoms with Crippen LogP contribution in [-0.2, 0) is 14.3 Å². The topological polar surface area (TPSA) is 145 Å². The smallest absolute Gasteiger partial charge is 0.385 e. The SMILES string of the molecule is O=C1OC(=Cc2ccc(O)c(O)c2)C(O)=C(c2cc(O)ccc2O)C1=O. The molecule has 3 rings (SSSR count). The molecular formula is C18H12O8. The summed E-state index contributed by atoms with van der Waals surface area (Å²) in [5.41, 5.74) is -0.531. The number of hydrogen-bond acceptors (Lipinski definition) is 8. The van der Waals surface area contributed by atoms with Gasteiger partial charge in [0.05, 0.1) is 5.57 Å². The number of Topliss-reactive ketones (excluding diaryl/α,β-unsaturated/α-hetero) is 1. The Kier molecular flexibility index (Phi) is 4.01. The number of aromatic hydroxyl groups is 4. The van der Waals surface area contributed by atoms with E-state index in [1.54, 1.807) is 0 Å². The minimum Gasteiger partial charge on any atom is -0.508 e. The van der Waals surface area contributed by atoms with Crippen molar-refractivity contribution in [3.8, 4) is 23.0 Å². The molecule has 0 atom stereocenters. The van der Waals surface area contributed by atoms with Gasteiger partial charge in [0, 0.05) is 5.56 Å². The molecule has 1 aliphatic heterocycles. The second-order valence-electron chi connectivity index (χ2n) is 5.40. The fourth-order valence-electron chi connectivity index (χ4n) is 2.38. The van der Waals surface area contributed by atoms with Crippen LogP contribution in [0.2, 0.25) is 0 Å². The Morgan fingerprint density at radius 1 is 0.808 bits per heavy atom. The number of aliphatic hydroxyl groups excluding tert-OH is 1. The van der Waals surface area contributed by atoms with E-state index in [4.69, 9.17) is 4.74 Å². The van der Waals surface area contributed by atoms with E-state index in [1.165, 1.54) is 12.1 Å². The molecule has 2 aromatic rings. The molecule has 0 saturated heterocycles. The minimum absolute atomic E-state index is 0.247. The second-order valence-corrected chi connectivity index (χ2v) is 5.40. The van der Waals surface area contributed by atoms with Gasteiger partial charge in [0.15, 0.2) is 23.0 Å². The summed E-state index contributed by atoms with van der Waals surface area (Å²) < 4.78 is 4.78. The van der Waals surface area contributed by atoms with Crippen molar-refractivity contribution in [1.82, 2.24) is 0 Å². The van der Waals surface area contributed by atoms with Gasteiger partial charge in [0.2, 0.25) is 0 Å². The zero-order valence-electron chi connectivity index (χ0n) is 13.0. The zero-order chi connectivity index (χ0) is 19.0. The number of benzene rings is 2. The second kappa shape index (κ2) is 6.17. The lowest BCUT2D eigenvalue weighted by atomic mass is 9.96. The van der Waals surface area contributed by atoms with Crippen molar-refractivity contribution in [2.24, 2.45) is 0 Å². The third-order valence-electron chi connectivity index (χ3n) is 3.63. The van der Waals surface area contributed by atoms with E-state index in [2.05, 4.69) is 0 Å². The number of ketones is 1. The highest BCUT2D eigenvalue weighted by Gasteiger charge is 2.35. The van der Waals surface area contributed by atoms with Crippen LogP contribution in [0.3, 0.4) is 0 Å². The summed E-state index contributed by atoms with van der Waals surface area (Å²) in [4.78, 5) is 24.0. The summed E-state index contributed by atoms with van der Waals surface area (Å²) >= 11 is 0. The first-order valence-corrected chi connectivity index (χ1v) is 7.24. The van der Waals surface area contributed by atoms with Crippen molar-refractivity contribution in [3.05, 3.63) is 59.0 Å². The molecule has 132 valence electrons. The Labute approximate surface area is 146 Å². The van der Waals surface area contributed by atoms with E-state index in [0.29, 0.717) is 0 Å². The van der Waals surface area contributed by atoms with E-state index in [9.17, 15) is 35.1 Å². The van der Waals surface area contributed by atoms with E-state index in [1.807, 2.05) is 0 Å². The van der Waals surface area contributed by atoms with Gasteiger partial charge < -0.3 is 30.3 Å². The highest BCUT2D eigenvalue weighted by atomic mass is 16.6. The number of aliphatic hydroxyl groups is 1. The first kappa shape index (κ1) is 16.9. The van der Waals surface area contributed by atoms with Crippen molar-refractivity contribution in [1.29, 1.82) is 0 Å². The van der Waals surface area contributed by atoms with Crippen LogP contribution >= 0.6 is 0 Å². The molecule has 0 aliphatic carbocycles. The Morgan fingerprint density at radius 3 is 2.19 bits per heavy atom. The van der Waals surface area contributed by atoms with Gasteiger partial charge >= 0.3 is 5.97 Å². The van der Waals surface area contributed by atoms with Crippen molar-refractivity contribution in [3.63, 3.8) is 0 Å². The van der Waals surface area contributed by atoms with Gasteiger partial charge in [-0.15, -0.1) is 0 Å². The molecule has 0 unspecified atom stereocenters. The highest BCUT2D eigenvalue weighted by Crippen LogP contribution is 2.36. The third kappa shape index (κ3) is 2.91. The molecule has 26 heavy (non-hydrogen) atoms. The van der Waals surface area contributed by atoms with Crippen LogP contribution in [0.1, 0.15) is 11.1 Å². The number of phenols is 4. The summed E-state index contributed by atoms with van der Waals surface area (Å²) in [5, 5.41) is 48.7. The summed E-state index contributed by atoms with van der Waals surface area (Å²) in [6.07, 6.45) is 1.15. The predicted octanol–water partition coefficient (Wildman–Crippen LogP) is 1.95. The van der Waals surface area contributed by atoms with Gasteiger partial charge in [-0.05, 0) is 42.0 Å². The monoisotopic (exact) mass is 356 g/mol. The van der Waals surface area contributed by atoms with Gasteiger partial charge in [0.25, 0.3) is 5.78 Å². The molecular weight excluding hydrogens is 344 g/mol. The standard InChI is InChI=1S/C18H12O8/c19-9-2-4-11(20)10(7-9)15-16(23)14(26-18(25)17(15)24)6-8-1-3-12(21)13(22)5-8/h1-7,19-23H. The molecule has 5 N–H and O–H groups in total. The minimum atomic E-state index is -1.30. The number of carbonyl (C=O) groups excluding carboxylic acids is 2. The number of carbonyl (C=O) groups is 2. The van der Waals surface area contributed by atoms with Crippen molar-refractivity contribution < 1.29 is 39.9 Å². The summed E-state index contributed by atoms with van der Waals surface area (Å²) in [6.45, 7) is 0. The van der Waals surface area contributed by atoms with E-state index in [-0.39, 0.29) is 22.6 Å². The third-order valence-corrected chi connectivity index (χ3v) is 3.63. The molecule has 0 aromatic heterocycles. The molecule has 0 spiro atoms. The lowest BCUT2D eigenvalue weighted by Crippen LogP contribution is -2.25. The van der Waals surface area contributed by atoms with Crippen LogP contribution in [-0.4, -0.2) is 37.3 Å². The first-order valence-electron chi connectivity index (χ1n) is 7.24.